The van der Waals surface area contributed by atoms with Crippen molar-refractivity contribution in [3.05, 3.63) is 29.1 Å². The summed E-state index contributed by atoms with van der Waals surface area (Å²) >= 11 is 0. The minimum Gasteiger partial charge on any atom is -0.467 e. The number of carbonyl (C=O) groups is 2. The number of urea groups is 1. The van der Waals surface area contributed by atoms with Crippen molar-refractivity contribution >= 4 is 12.0 Å². The molecule has 2 amide bonds. The number of nitrogens with two attached hydrogens (primary N) is 1. The normalized spacial score (nSPS) is 12.9. The monoisotopic (exact) mass is 340 g/mol. The third-order valence-electron chi connectivity index (χ3n) is 3.50. The number of fused-ring (bicyclic) bond motifs is 1. The van der Waals surface area contributed by atoms with E-state index >= 15 is 0 Å². The number of esters is 1. The van der Waals surface area contributed by atoms with Crippen LogP contribution in [-0.2, 0) is 27.5 Å². The molecule has 0 saturated carbocycles. The average Bonchev–Trinajstić information content (AvgIpc) is 2.55. The zero-order valence-electron chi connectivity index (χ0n) is 13.3. The molecular formula is C16H21FN2O5. The maximum atomic E-state index is 13.6. The molecule has 0 aliphatic carbocycles. The van der Waals surface area contributed by atoms with Gasteiger partial charge in [0.1, 0.15) is 18.2 Å². The molecule has 0 bridgehead atoms. The van der Waals surface area contributed by atoms with Gasteiger partial charge in [-0.15, -0.1) is 0 Å². The van der Waals surface area contributed by atoms with Crippen LogP contribution in [0.25, 0.3) is 0 Å². The highest BCUT2D eigenvalue weighted by Gasteiger charge is 2.18. The first-order valence-electron chi connectivity index (χ1n) is 7.77. The fourth-order valence-electron chi connectivity index (χ4n) is 2.38. The van der Waals surface area contributed by atoms with E-state index in [0.717, 1.165) is 12.8 Å². The maximum absolute atomic E-state index is 13.6. The molecule has 132 valence electrons. The van der Waals surface area contributed by atoms with E-state index in [9.17, 15) is 14.0 Å². The Morgan fingerprint density at radius 3 is 2.92 bits per heavy atom. The fourth-order valence-corrected chi connectivity index (χ4v) is 2.38. The molecule has 7 nitrogen and oxygen atoms in total. The first-order chi connectivity index (χ1) is 11.6. The molecule has 2 rings (SSSR count). The third kappa shape index (κ3) is 5.69. The molecule has 3 N–H and O–H groups in total. The number of carbonyl (C=O) groups excluding carboxylic acids is 2. The van der Waals surface area contributed by atoms with Crippen LogP contribution < -0.4 is 15.8 Å². The smallest absolute Gasteiger partial charge is 0.312 e. The van der Waals surface area contributed by atoms with Crippen LogP contribution in [0.2, 0.25) is 0 Å². The quantitative estimate of drug-likeness (QED) is 0.557. The van der Waals surface area contributed by atoms with Crippen LogP contribution in [-0.4, -0.2) is 25.3 Å². The van der Waals surface area contributed by atoms with Crippen LogP contribution in [0.1, 0.15) is 36.8 Å². The van der Waals surface area contributed by atoms with E-state index in [1.165, 1.54) is 12.1 Å². The van der Waals surface area contributed by atoms with Gasteiger partial charge < -0.3 is 25.3 Å². The molecule has 0 unspecified atom stereocenters. The topological polar surface area (TPSA) is 99.9 Å². The van der Waals surface area contributed by atoms with Gasteiger partial charge in [-0.3, -0.25) is 4.79 Å². The van der Waals surface area contributed by atoms with Crippen molar-refractivity contribution < 1.29 is 28.2 Å². The van der Waals surface area contributed by atoms with Gasteiger partial charge in [-0.2, -0.15) is 0 Å². The fraction of sp³-hybridized carbons (Fsp3) is 0.500. The average molecular weight is 340 g/mol. The van der Waals surface area contributed by atoms with Gasteiger partial charge in [0.25, 0.3) is 0 Å². The molecular weight excluding hydrogens is 319 g/mol. The zero-order valence-corrected chi connectivity index (χ0v) is 13.3. The van der Waals surface area contributed by atoms with Crippen molar-refractivity contribution in [1.29, 1.82) is 0 Å². The second-order valence-corrected chi connectivity index (χ2v) is 5.43. The molecule has 0 spiro atoms. The van der Waals surface area contributed by atoms with Crippen molar-refractivity contribution in [2.45, 2.75) is 38.9 Å². The first-order valence-corrected chi connectivity index (χ1v) is 7.77. The van der Waals surface area contributed by atoms with Gasteiger partial charge in [-0.05, 0) is 25.0 Å². The van der Waals surface area contributed by atoms with Gasteiger partial charge in [-0.1, -0.05) is 6.42 Å². The number of rotatable bonds is 8. The van der Waals surface area contributed by atoms with Gasteiger partial charge in [0.05, 0.1) is 6.61 Å². The predicted octanol–water partition coefficient (Wildman–Crippen LogP) is 1.96. The standard InChI is InChI=1S/C16H21FN2O5/c17-13-6-11-8-22-10-24-15(11)12(7-13)9-23-14(20)4-2-1-3-5-19-16(18)21/h6-7H,1-5,8-10H2,(H3,18,19,21). The van der Waals surface area contributed by atoms with Crippen LogP contribution in [0.4, 0.5) is 9.18 Å². The molecule has 1 aliphatic heterocycles. The van der Waals surface area contributed by atoms with E-state index in [2.05, 4.69) is 5.32 Å². The number of primary amides is 1. The summed E-state index contributed by atoms with van der Waals surface area (Å²) in [7, 11) is 0. The van der Waals surface area contributed by atoms with Gasteiger partial charge in [0, 0.05) is 24.1 Å². The Labute approximate surface area is 139 Å². The zero-order chi connectivity index (χ0) is 17.4. The number of unbranched alkanes of at least 4 members (excludes halogenated alkanes) is 2. The van der Waals surface area contributed by atoms with Gasteiger partial charge in [-0.25, -0.2) is 9.18 Å². The Balaban J connectivity index is 1.72. The largest absolute Gasteiger partial charge is 0.467 e. The summed E-state index contributed by atoms with van der Waals surface area (Å²) < 4.78 is 29.2. The number of amides is 2. The van der Waals surface area contributed by atoms with Crippen molar-refractivity contribution in [3.8, 4) is 5.75 Å². The number of hydrogen-bond acceptors (Lipinski definition) is 5. The number of ether oxygens (including phenoxy) is 3. The highest BCUT2D eigenvalue weighted by molar-refractivity contribution is 5.71. The van der Waals surface area contributed by atoms with E-state index in [1.807, 2.05) is 0 Å². The molecule has 1 aromatic rings. The Morgan fingerprint density at radius 1 is 1.29 bits per heavy atom. The summed E-state index contributed by atoms with van der Waals surface area (Å²) in [6.07, 6.45) is 2.41. The van der Waals surface area contributed by atoms with Crippen LogP contribution >= 0.6 is 0 Å². The van der Waals surface area contributed by atoms with E-state index in [1.54, 1.807) is 0 Å². The molecule has 8 heteroatoms. The van der Waals surface area contributed by atoms with E-state index in [4.69, 9.17) is 19.9 Å². The van der Waals surface area contributed by atoms with Crippen molar-refractivity contribution in [2.75, 3.05) is 13.3 Å². The number of halogens is 1. The summed E-state index contributed by atoms with van der Waals surface area (Å²) in [5, 5.41) is 2.48. The molecule has 1 aromatic carbocycles. The lowest BCUT2D eigenvalue weighted by atomic mass is 10.1. The molecule has 0 fully saturated rings. The lowest BCUT2D eigenvalue weighted by molar-refractivity contribution is -0.145. The Morgan fingerprint density at radius 2 is 2.12 bits per heavy atom. The Hall–Kier alpha value is -2.35. The van der Waals surface area contributed by atoms with Gasteiger partial charge in [0.2, 0.25) is 0 Å². The highest BCUT2D eigenvalue weighted by Crippen LogP contribution is 2.30. The summed E-state index contributed by atoms with van der Waals surface area (Å²) in [4.78, 5) is 22.2. The van der Waals surface area contributed by atoms with Crippen molar-refractivity contribution in [1.82, 2.24) is 5.32 Å². The maximum Gasteiger partial charge on any atom is 0.312 e. The summed E-state index contributed by atoms with van der Waals surface area (Å²) in [5.41, 5.74) is 6.04. The van der Waals surface area contributed by atoms with Crippen LogP contribution in [0, 0.1) is 5.82 Å². The SMILES string of the molecule is NC(=O)NCCCCCC(=O)OCc1cc(F)cc2c1OCOC2. The van der Waals surface area contributed by atoms with E-state index in [0.29, 0.717) is 29.8 Å². The minimum atomic E-state index is -0.555. The summed E-state index contributed by atoms with van der Waals surface area (Å²) in [5.74, 6) is -0.258. The van der Waals surface area contributed by atoms with Crippen molar-refractivity contribution in [3.63, 3.8) is 0 Å². The first kappa shape index (κ1) is 18.0. The van der Waals surface area contributed by atoms with Crippen molar-refractivity contribution in [2.24, 2.45) is 5.73 Å². The summed E-state index contributed by atoms with van der Waals surface area (Å²) in [6.45, 7) is 0.813. The minimum absolute atomic E-state index is 0.0395. The van der Waals surface area contributed by atoms with Crippen LogP contribution in [0.3, 0.4) is 0 Å². The lowest BCUT2D eigenvalue weighted by Gasteiger charge is -2.20. The van der Waals surface area contributed by atoms with Crippen LogP contribution in [0.15, 0.2) is 12.1 Å². The third-order valence-corrected chi connectivity index (χ3v) is 3.50. The molecule has 0 atom stereocenters. The molecule has 0 saturated heterocycles. The second-order valence-electron chi connectivity index (χ2n) is 5.43. The molecule has 24 heavy (non-hydrogen) atoms. The number of benzene rings is 1. The van der Waals surface area contributed by atoms with Gasteiger partial charge in [0.15, 0.2) is 6.79 Å². The lowest BCUT2D eigenvalue weighted by Crippen LogP contribution is -2.29. The van der Waals surface area contributed by atoms with Crippen LogP contribution in [0.5, 0.6) is 5.75 Å². The summed E-state index contributed by atoms with van der Waals surface area (Å²) in [6, 6.07) is 2.09. The Kier molecular flexibility index (Phi) is 6.80. The van der Waals surface area contributed by atoms with E-state index < -0.39 is 11.8 Å². The number of nitrogens with one attached hydrogen (secondary N) is 1. The second kappa shape index (κ2) is 9.07. The number of hydrogen-bond donors (Lipinski definition) is 2. The molecule has 0 radical (unpaired) electrons. The van der Waals surface area contributed by atoms with E-state index in [-0.39, 0.29) is 32.4 Å². The molecule has 1 heterocycles. The Bertz CT molecular complexity index is 594. The highest BCUT2D eigenvalue weighted by atomic mass is 19.1. The molecule has 1 aliphatic rings. The van der Waals surface area contributed by atoms with Gasteiger partial charge >= 0.3 is 12.0 Å². The predicted molar refractivity (Wildman–Crippen MR) is 82.5 cm³/mol. The molecule has 0 aromatic heterocycles.